The lowest BCUT2D eigenvalue weighted by Crippen LogP contribution is -2.27. The van der Waals surface area contributed by atoms with Crippen molar-refractivity contribution in [3.05, 3.63) is 120 Å². The molecule has 0 saturated heterocycles. The number of hydrogen-bond donors (Lipinski definition) is 0. The zero-order valence-electron chi connectivity index (χ0n) is 19.4. The average molecular weight is 443 g/mol. The molecule has 2 heteroatoms. The smallest absolute Gasteiger partial charge is 0.0723 e. The second kappa shape index (κ2) is 10.9. The molecule has 0 amide bonds. The quantitative estimate of drug-likeness (QED) is 0.271. The van der Waals surface area contributed by atoms with Crippen LogP contribution in [0.5, 0.6) is 0 Å². The minimum atomic E-state index is 0.239. The van der Waals surface area contributed by atoms with Crippen molar-refractivity contribution >= 4 is 12.4 Å². The van der Waals surface area contributed by atoms with Crippen LogP contribution in [0.1, 0.15) is 36.8 Å². The van der Waals surface area contributed by atoms with Gasteiger partial charge in [0, 0.05) is 12.4 Å². The Morgan fingerprint density at radius 2 is 0.882 bits per heavy atom. The molecular formula is C32H30N2. The van der Waals surface area contributed by atoms with E-state index in [1.807, 2.05) is 12.4 Å². The summed E-state index contributed by atoms with van der Waals surface area (Å²) < 4.78 is 0. The number of nitrogens with zero attached hydrogens (tertiary/aromatic N) is 2. The van der Waals surface area contributed by atoms with Crippen LogP contribution in [0.3, 0.4) is 0 Å². The molecule has 0 bridgehead atoms. The van der Waals surface area contributed by atoms with Crippen molar-refractivity contribution in [1.82, 2.24) is 0 Å². The van der Waals surface area contributed by atoms with Crippen LogP contribution in [-0.4, -0.2) is 24.5 Å². The molecule has 2 nitrogen and oxygen atoms in total. The third-order valence-electron chi connectivity index (χ3n) is 6.51. The monoisotopic (exact) mass is 442 g/mol. The average Bonchev–Trinajstić information content (AvgIpc) is 2.92. The molecule has 0 N–H and O–H groups in total. The van der Waals surface area contributed by atoms with Gasteiger partial charge >= 0.3 is 0 Å². The standard InChI is InChI=1S/C32H30N2/c1-3-13-27(14-4-1)29-17-9-11-25(21-29)23-33-31-19-7-8-20-32(31)34-24-26-12-10-18-30(22-26)28-15-5-2-6-16-28/h1-6,9-18,21-24,31-32H,7-8,19-20H2. The fraction of sp³-hybridized carbons (Fsp3) is 0.188. The van der Waals surface area contributed by atoms with Crippen LogP contribution < -0.4 is 0 Å². The molecule has 0 aromatic heterocycles. The van der Waals surface area contributed by atoms with Crippen molar-refractivity contribution in [1.29, 1.82) is 0 Å². The van der Waals surface area contributed by atoms with Gasteiger partial charge in [-0.25, -0.2) is 0 Å². The van der Waals surface area contributed by atoms with E-state index in [4.69, 9.17) is 9.98 Å². The van der Waals surface area contributed by atoms with Gasteiger partial charge in [-0.1, -0.05) is 110 Å². The minimum absolute atomic E-state index is 0.239. The molecule has 1 aliphatic carbocycles. The zero-order chi connectivity index (χ0) is 23.0. The van der Waals surface area contributed by atoms with Crippen LogP contribution >= 0.6 is 0 Å². The van der Waals surface area contributed by atoms with E-state index in [2.05, 4.69) is 109 Å². The van der Waals surface area contributed by atoms with Crippen molar-refractivity contribution in [2.24, 2.45) is 9.98 Å². The Morgan fingerprint density at radius 3 is 1.32 bits per heavy atom. The Bertz CT molecular complexity index is 1160. The van der Waals surface area contributed by atoms with E-state index >= 15 is 0 Å². The molecule has 0 aliphatic heterocycles. The van der Waals surface area contributed by atoms with Gasteiger partial charge in [0.05, 0.1) is 12.1 Å². The van der Waals surface area contributed by atoms with Crippen LogP contribution in [-0.2, 0) is 0 Å². The maximum absolute atomic E-state index is 5.01. The molecule has 1 saturated carbocycles. The van der Waals surface area contributed by atoms with E-state index in [0.29, 0.717) is 0 Å². The molecule has 0 radical (unpaired) electrons. The summed E-state index contributed by atoms with van der Waals surface area (Å²) in [6.45, 7) is 0. The molecule has 1 fully saturated rings. The first kappa shape index (κ1) is 22.0. The molecule has 2 unspecified atom stereocenters. The van der Waals surface area contributed by atoms with Gasteiger partial charge in [0.15, 0.2) is 0 Å². The van der Waals surface area contributed by atoms with Gasteiger partial charge in [-0.15, -0.1) is 0 Å². The Hall–Kier alpha value is -3.78. The van der Waals surface area contributed by atoms with Crippen molar-refractivity contribution in [3.63, 3.8) is 0 Å². The largest absolute Gasteiger partial charge is 0.287 e. The molecule has 0 spiro atoms. The van der Waals surface area contributed by atoms with E-state index in [1.54, 1.807) is 0 Å². The van der Waals surface area contributed by atoms with E-state index in [0.717, 1.165) is 24.0 Å². The molecule has 4 aromatic carbocycles. The normalized spacial score (nSPS) is 18.5. The summed E-state index contributed by atoms with van der Waals surface area (Å²) in [6.07, 6.45) is 8.73. The minimum Gasteiger partial charge on any atom is -0.287 e. The van der Waals surface area contributed by atoms with Crippen molar-refractivity contribution < 1.29 is 0 Å². The van der Waals surface area contributed by atoms with Gasteiger partial charge in [0.25, 0.3) is 0 Å². The summed E-state index contributed by atoms with van der Waals surface area (Å²) in [5.74, 6) is 0. The molecule has 4 aromatic rings. The molecule has 168 valence electrons. The lowest BCUT2D eigenvalue weighted by molar-refractivity contribution is 0.390. The highest BCUT2D eigenvalue weighted by Crippen LogP contribution is 2.25. The molecular weight excluding hydrogens is 412 g/mol. The van der Waals surface area contributed by atoms with Crippen LogP contribution in [0.4, 0.5) is 0 Å². The zero-order valence-corrected chi connectivity index (χ0v) is 19.4. The Balaban J connectivity index is 1.31. The summed E-state index contributed by atoms with van der Waals surface area (Å²) in [7, 11) is 0. The third kappa shape index (κ3) is 5.58. The third-order valence-corrected chi connectivity index (χ3v) is 6.51. The van der Waals surface area contributed by atoms with E-state index in [9.17, 15) is 0 Å². The van der Waals surface area contributed by atoms with Gasteiger partial charge in [0.2, 0.25) is 0 Å². The van der Waals surface area contributed by atoms with Gasteiger partial charge < -0.3 is 0 Å². The van der Waals surface area contributed by atoms with Gasteiger partial charge in [-0.05, 0) is 58.4 Å². The first-order valence-corrected chi connectivity index (χ1v) is 12.2. The summed E-state index contributed by atoms with van der Waals surface area (Å²) in [5, 5.41) is 0. The molecule has 0 heterocycles. The highest BCUT2D eigenvalue weighted by molar-refractivity contribution is 5.84. The molecule has 5 rings (SSSR count). The van der Waals surface area contributed by atoms with Crippen LogP contribution in [0.2, 0.25) is 0 Å². The SMILES string of the molecule is C(=NC1CCCCC1N=Cc1cccc(-c2ccccc2)c1)c1cccc(-c2ccccc2)c1. The lowest BCUT2D eigenvalue weighted by Gasteiger charge is -2.25. The topological polar surface area (TPSA) is 24.7 Å². The van der Waals surface area contributed by atoms with Gasteiger partial charge in [-0.2, -0.15) is 0 Å². The number of benzene rings is 4. The highest BCUT2D eigenvalue weighted by Gasteiger charge is 2.23. The highest BCUT2D eigenvalue weighted by atomic mass is 14.9. The van der Waals surface area contributed by atoms with Crippen LogP contribution in [0.15, 0.2) is 119 Å². The lowest BCUT2D eigenvalue weighted by atomic mass is 9.91. The summed E-state index contributed by atoms with van der Waals surface area (Å²) in [6, 6.07) is 38.7. The second-order valence-corrected chi connectivity index (χ2v) is 8.96. The van der Waals surface area contributed by atoms with Crippen LogP contribution in [0, 0.1) is 0 Å². The maximum atomic E-state index is 5.01. The van der Waals surface area contributed by atoms with Crippen molar-refractivity contribution in [2.75, 3.05) is 0 Å². The number of hydrogen-bond acceptors (Lipinski definition) is 2. The first-order valence-electron chi connectivity index (χ1n) is 12.2. The Kier molecular flexibility index (Phi) is 7.06. The first-order chi connectivity index (χ1) is 16.8. The summed E-state index contributed by atoms with van der Waals surface area (Å²) in [4.78, 5) is 10.0. The fourth-order valence-corrected chi connectivity index (χ4v) is 4.66. The van der Waals surface area contributed by atoms with E-state index in [-0.39, 0.29) is 12.1 Å². The van der Waals surface area contributed by atoms with Crippen molar-refractivity contribution in [2.45, 2.75) is 37.8 Å². The molecule has 2 atom stereocenters. The summed E-state index contributed by atoms with van der Waals surface area (Å²) >= 11 is 0. The molecule has 34 heavy (non-hydrogen) atoms. The van der Waals surface area contributed by atoms with Gasteiger partial charge in [0.1, 0.15) is 0 Å². The van der Waals surface area contributed by atoms with Gasteiger partial charge in [-0.3, -0.25) is 9.98 Å². The number of rotatable bonds is 6. The predicted molar refractivity (Wildman–Crippen MR) is 145 cm³/mol. The van der Waals surface area contributed by atoms with Crippen molar-refractivity contribution in [3.8, 4) is 22.3 Å². The molecule has 1 aliphatic rings. The predicted octanol–water partition coefficient (Wildman–Crippen LogP) is 7.87. The Morgan fingerprint density at radius 1 is 0.471 bits per heavy atom. The Labute approximate surface area is 202 Å². The van der Waals surface area contributed by atoms with E-state index in [1.165, 1.54) is 35.1 Å². The second-order valence-electron chi connectivity index (χ2n) is 8.96. The van der Waals surface area contributed by atoms with Crippen LogP contribution in [0.25, 0.3) is 22.3 Å². The fourth-order valence-electron chi connectivity index (χ4n) is 4.66. The maximum Gasteiger partial charge on any atom is 0.0723 e. The summed E-state index contributed by atoms with van der Waals surface area (Å²) in [5.41, 5.74) is 7.20. The number of aliphatic imine (C=N–C) groups is 2. The van der Waals surface area contributed by atoms with E-state index < -0.39 is 0 Å².